The summed E-state index contributed by atoms with van der Waals surface area (Å²) in [4.78, 5) is 6.75. The van der Waals surface area contributed by atoms with E-state index in [0.717, 1.165) is 10.6 Å². The minimum Gasteiger partial charge on any atom is -0.329 e. The molecule has 14 heavy (non-hydrogen) atoms. The van der Waals surface area contributed by atoms with Crippen molar-refractivity contribution in [3.05, 3.63) is 48.3 Å². The molecule has 0 atom stereocenters. The van der Waals surface area contributed by atoms with E-state index in [1.807, 2.05) is 30.3 Å². The van der Waals surface area contributed by atoms with Crippen molar-refractivity contribution in [1.29, 1.82) is 0 Å². The number of hydrogen-bond donors (Lipinski definition) is 2. The molecule has 0 bridgehead atoms. The maximum Gasteiger partial charge on any atom is 0.227 e. The molecule has 0 aliphatic heterocycles. The molecular weight excluding hydrogens is 178 g/mol. The van der Waals surface area contributed by atoms with Gasteiger partial charge in [0.05, 0.1) is 6.54 Å². The van der Waals surface area contributed by atoms with Crippen LogP contribution in [0.15, 0.2) is 42.7 Å². The van der Waals surface area contributed by atoms with E-state index in [2.05, 4.69) is 9.97 Å². The van der Waals surface area contributed by atoms with Gasteiger partial charge in [-0.1, -0.05) is 30.3 Å². The summed E-state index contributed by atoms with van der Waals surface area (Å²) in [6.07, 6.45) is 3.27. The summed E-state index contributed by atoms with van der Waals surface area (Å²) in [5.41, 5.74) is 1.03. The van der Waals surface area contributed by atoms with Crippen LogP contribution in [0.4, 0.5) is 5.95 Å². The van der Waals surface area contributed by atoms with E-state index in [1.54, 1.807) is 12.4 Å². The van der Waals surface area contributed by atoms with Crippen LogP contribution in [-0.2, 0) is 6.54 Å². The third-order valence-corrected chi connectivity index (χ3v) is 1.90. The van der Waals surface area contributed by atoms with Crippen molar-refractivity contribution in [2.24, 2.45) is 0 Å². The van der Waals surface area contributed by atoms with E-state index >= 15 is 0 Å². The van der Waals surface area contributed by atoms with Gasteiger partial charge in [0.15, 0.2) is 0 Å². The van der Waals surface area contributed by atoms with Gasteiger partial charge in [0.2, 0.25) is 5.95 Å². The van der Waals surface area contributed by atoms with E-state index in [9.17, 15) is 5.21 Å². The lowest BCUT2D eigenvalue weighted by atomic mass is 10.2. The number of rotatable bonds is 3. The monoisotopic (exact) mass is 189 g/mol. The second-order valence-corrected chi connectivity index (χ2v) is 2.96. The van der Waals surface area contributed by atoms with Gasteiger partial charge in [-0.2, -0.15) is 0 Å². The van der Waals surface area contributed by atoms with Gasteiger partial charge in [-0.05, 0) is 5.56 Å². The SMILES string of the molecule is ON(Cc1ccccc1)c1ncc[nH]1. The van der Waals surface area contributed by atoms with Crippen LogP contribution in [-0.4, -0.2) is 15.2 Å². The highest BCUT2D eigenvalue weighted by atomic mass is 16.5. The lowest BCUT2D eigenvalue weighted by Crippen LogP contribution is -2.18. The van der Waals surface area contributed by atoms with Gasteiger partial charge in [0, 0.05) is 12.4 Å². The Hall–Kier alpha value is -1.81. The Morgan fingerprint density at radius 1 is 1.29 bits per heavy atom. The molecule has 0 spiro atoms. The molecular formula is C10H11N3O. The molecule has 72 valence electrons. The summed E-state index contributed by atoms with van der Waals surface area (Å²) in [7, 11) is 0. The van der Waals surface area contributed by atoms with Gasteiger partial charge >= 0.3 is 0 Å². The summed E-state index contributed by atoms with van der Waals surface area (Å²) in [5.74, 6) is 0.453. The minimum atomic E-state index is 0.425. The predicted molar refractivity (Wildman–Crippen MR) is 53.0 cm³/mol. The second kappa shape index (κ2) is 3.93. The number of benzene rings is 1. The molecule has 0 amide bonds. The van der Waals surface area contributed by atoms with Gasteiger partial charge in [-0.15, -0.1) is 0 Å². The normalized spacial score (nSPS) is 10.1. The summed E-state index contributed by atoms with van der Waals surface area (Å²) in [5, 5.41) is 10.7. The van der Waals surface area contributed by atoms with Crippen LogP contribution in [0.2, 0.25) is 0 Å². The number of nitrogens with zero attached hydrogens (tertiary/aromatic N) is 2. The predicted octanol–water partition coefficient (Wildman–Crippen LogP) is 1.81. The van der Waals surface area contributed by atoms with E-state index in [4.69, 9.17) is 0 Å². The van der Waals surface area contributed by atoms with Crippen LogP contribution in [0.3, 0.4) is 0 Å². The van der Waals surface area contributed by atoms with Crippen LogP contribution in [0.25, 0.3) is 0 Å². The molecule has 0 saturated carbocycles. The topological polar surface area (TPSA) is 52.1 Å². The van der Waals surface area contributed by atoms with Crippen molar-refractivity contribution in [3.63, 3.8) is 0 Å². The van der Waals surface area contributed by atoms with Crippen molar-refractivity contribution in [1.82, 2.24) is 9.97 Å². The first-order chi connectivity index (χ1) is 6.86. The highest BCUT2D eigenvalue weighted by Crippen LogP contribution is 2.08. The average Bonchev–Trinajstić information content (AvgIpc) is 2.72. The summed E-state index contributed by atoms with van der Waals surface area (Å²) in [6, 6.07) is 9.72. The quantitative estimate of drug-likeness (QED) is 0.724. The number of anilines is 1. The fourth-order valence-electron chi connectivity index (χ4n) is 1.23. The van der Waals surface area contributed by atoms with Gasteiger partial charge in [-0.3, -0.25) is 5.21 Å². The molecule has 0 fully saturated rings. The molecule has 0 unspecified atom stereocenters. The van der Waals surface area contributed by atoms with E-state index < -0.39 is 0 Å². The zero-order chi connectivity index (χ0) is 9.80. The van der Waals surface area contributed by atoms with Crippen LogP contribution < -0.4 is 5.06 Å². The Bertz CT molecular complexity index is 372. The Morgan fingerprint density at radius 2 is 2.07 bits per heavy atom. The third kappa shape index (κ3) is 1.92. The van der Waals surface area contributed by atoms with Gasteiger partial charge < -0.3 is 4.98 Å². The lowest BCUT2D eigenvalue weighted by Gasteiger charge is -2.12. The first-order valence-electron chi connectivity index (χ1n) is 4.36. The number of aromatic nitrogens is 2. The molecule has 2 N–H and O–H groups in total. The minimum absolute atomic E-state index is 0.425. The highest BCUT2D eigenvalue weighted by Gasteiger charge is 2.04. The second-order valence-electron chi connectivity index (χ2n) is 2.96. The van der Waals surface area contributed by atoms with Crippen LogP contribution >= 0.6 is 0 Å². The van der Waals surface area contributed by atoms with Crippen molar-refractivity contribution in [2.45, 2.75) is 6.54 Å². The molecule has 0 aliphatic carbocycles. The molecule has 2 rings (SSSR count). The number of hydrogen-bond acceptors (Lipinski definition) is 3. The molecule has 1 aromatic heterocycles. The fourth-order valence-corrected chi connectivity index (χ4v) is 1.23. The maximum absolute atomic E-state index is 9.60. The zero-order valence-corrected chi connectivity index (χ0v) is 7.59. The Balaban J connectivity index is 2.06. The number of hydroxylamine groups is 1. The van der Waals surface area contributed by atoms with Crippen molar-refractivity contribution < 1.29 is 5.21 Å². The Labute approximate surface area is 81.8 Å². The van der Waals surface area contributed by atoms with Crippen LogP contribution in [0.5, 0.6) is 0 Å². The standard InChI is InChI=1S/C10H11N3O/c14-13(10-11-6-7-12-10)8-9-4-2-1-3-5-9/h1-7,14H,8H2,(H,11,12). The Kier molecular flexibility index (Phi) is 2.46. The van der Waals surface area contributed by atoms with E-state index in [0.29, 0.717) is 12.5 Å². The van der Waals surface area contributed by atoms with Crippen molar-refractivity contribution in [3.8, 4) is 0 Å². The zero-order valence-electron chi connectivity index (χ0n) is 7.59. The van der Waals surface area contributed by atoms with Crippen LogP contribution in [0, 0.1) is 0 Å². The first-order valence-corrected chi connectivity index (χ1v) is 4.36. The van der Waals surface area contributed by atoms with Gasteiger partial charge in [0.1, 0.15) is 0 Å². The molecule has 2 aromatic rings. The van der Waals surface area contributed by atoms with E-state index in [1.165, 1.54) is 0 Å². The molecule has 0 saturated heterocycles. The van der Waals surface area contributed by atoms with Gasteiger partial charge in [0.25, 0.3) is 0 Å². The summed E-state index contributed by atoms with van der Waals surface area (Å²) in [6.45, 7) is 0.425. The molecule has 0 aliphatic rings. The van der Waals surface area contributed by atoms with Gasteiger partial charge in [-0.25, -0.2) is 10.0 Å². The van der Waals surface area contributed by atoms with E-state index in [-0.39, 0.29) is 0 Å². The molecule has 1 heterocycles. The molecule has 4 heteroatoms. The smallest absolute Gasteiger partial charge is 0.227 e. The number of H-pyrrole nitrogens is 1. The first kappa shape index (κ1) is 8.77. The fraction of sp³-hybridized carbons (Fsp3) is 0.100. The number of imidazole rings is 1. The van der Waals surface area contributed by atoms with Crippen molar-refractivity contribution in [2.75, 3.05) is 5.06 Å². The lowest BCUT2D eigenvalue weighted by molar-refractivity contribution is 0.244. The molecule has 0 radical (unpaired) electrons. The largest absolute Gasteiger partial charge is 0.329 e. The Morgan fingerprint density at radius 3 is 2.71 bits per heavy atom. The average molecular weight is 189 g/mol. The third-order valence-electron chi connectivity index (χ3n) is 1.90. The summed E-state index contributed by atoms with van der Waals surface area (Å²) < 4.78 is 0. The molecule has 4 nitrogen and oxygen atoms in total. The molecule has 1 aromatic carbocycles. The number of nitrogens with one attached hydrogen (secondary N) is 1. The highest BCUT2D eigenvalue weighted by molar-refractivity contribution is 5.27. The van der Waals surface area contributed by atoms with Crippen molar-refractivity contribution >= 4 is 5.95 Å². The van der Waals surface area contributed by atoms with Crippen LogP contribution in [0.1, 0.15) is 5.56 Å². The summed E-state index contributed by atoms with van der Waals surface area (Å²) >= 11 is 0. The maximum atomic E-state index is 9.60. The number of aromatic amines is 1.